The van der Waals surface area contributed by atoms with Crippen LogP contribution in [0.4, 0.5) is 0 Å². The molecule has 0 atom stereocenters. The number of nitriles is 1. The highest BCUT2D eigenvalue weighted by Crippen LogP contribution is 1.92. The second-order valence-electron chi connectivity index (χ2n) is 3.33. The summed E-state index contributed by atoms with van der Waals surface area (Å²) >= 11 is 0. The van der Waals surface area contributed by atoms with Gasteiger partial charge in [0.1, 0.15) is 11.6 Å². The molecule has 0 aromatic heterocycles. The SMILES string of the molecule is CCN/C=C(/C#N)C(=O)NCC(C)C. The summed E-state index contributed by atoms with van der Waals surface area (Å²) < 4.78 is 0. The van der Waals surface area contributed by atoms with Crippen LogP contribution in [0.15, 0.2) is 11.8 Å². The quantitative estimate of drug-likeness (QED) is 0.503. The molecular weight excluding hydrogens is 178 g/mol. The van der Waals surface area contributed by atoms with Gasteiger partial charge in [-0.05, 0) is 12.8 Å². The average Bonchev–Trinajstić information content (AvgIpc) is 2.16. The highest BCUT2D eigenvalue weighted by molar-refractivity contribution is 5.97. The molecule has 78 valence electrons. The van der Waals surface area contributed by atoms with E-state index >= 15 is 0 Å². The maximum atomic E-state index is 11.3. The van der Waals surface area contributed by atoms with Gasteiger partial charge in [0.15, 0.2) is 0 Å². The van der Waals surface area contributed by atoms with Gasteiger partial charge < -0.3 is 10.6 Å². The second-order valence-corrected chi connectivity index (χ2v) is 3.33. The lowest BCUT2D eigenvalue weighted by Crippen LogP contribution is -2.29. The van der Waals surface area contributed by atoms with Crippen molar-refractivity contribution in [2.24, 2.45) is 5.92 Å². The Kier molecular flexibility index (Phi) is 6.21. The number of nitrogens with one attached hydrogen (secondary N) is 2. The molecule has 0 aliphatic rings. The Morgan fingerprint density at radius 3 is 2.64 bits per heavy atom. The van der Waals surface area contributed by atoms with Crippen molar-refractivity contribution in [1.82, 2.24) is 10.6 Å². The van der Waals surface area contributed by atoms with E-state index in [1.54, 1.807) is 0 Å². The van der Waals surface area contributed by atoms with Gasteiger partial charge in [-0.2, -0.15) is 5.26 Å². The maximum absolute atomic E-state index is 11.3. The zero-order chi connectivity index (χ0) is 11.0. The molecule has 1 amide bonds. The topological polar surface area (TPSA) is 64.9 Å². The van der Waals surface area contributed by atoms with Crippen molar-refractivity contribution < 1.29 is 4.79 Å². The van der Waals surface area contributed by atoms with Crippen molar-refractivity contribution in [2.75, 3.05) is 13.1 Å². The summed E-state index contributed by atoms with van der Waals surface area (Å²) in [7, 11) is 0. The molecule has 0 saturated carbocycles. The molecule has 0 unspecified atom stereocenters. The Labute approximate surface area is 85.0 Å². The summed E-state index contributed by atoms with van der Waals surface area (Å²) in [5.74, 6) is 0.0696. The lowest BCUT2D eigenvalue weighted by Gasteiger charge is -2.06. The minimum Gasteiger partial charge on any atom is -0.390 e. The Bertz CT molecular complexity index is 251. The molecule has 2 N–H and O–H groups in total. The third kappa shape index (κ3) is 5.20. The Morgan fingerprint density at radius 1 is 1.57 bits per heavy atom. The predicted molar refractivity (Wildman–Crippen MR) is 55.2 cm³/mol. The standard InChI is InChI=1S/C10H17N3O/c1-4-12-7-9(5-11)10(14)13-6-8(2)3/h7-8,12H,4,6H2,1-3H3,(H,13,14)/b9-7-. The molecule has 0 fully saturated rings. The third-order valence-electron chi connectivity index (χ3n) is 1.49. The van der Waals surface area contributed by atoms with Crippen LogP contribution in [0.25, 0.3) is 0 Å². The Balaban J connectivity index is 4.13. The average molecular weight is 195 g/mol. The third-order valence-corrected chi connectivity index (χ3v) is 1.49. The Hall–Kier alpha value is -1.50. The zero-order valence-electron chi connectivity index (χ0n) is 8.92. The highest BCUT2D eigenvalue weighted by Gasteiger charge is 2.07. The van der Waals surface area contributed by atoms with Gasteiger partial charge in [0.05, 0.1) is 0 Å². The van der Waals surface area contributed by atoms with E-state index in [0.29, 0.717) is 19.0 Å². The highest BCUT2D eigenvalue weighted by atomic mass is 16.1. The van der Waals surface area contributed by atoms with E-state index < -0.39 is 0 Å². The first-order chi connectivity index (χ1) is 6.61. The van der Waals surface area contributed by atoms with Gasteiger partial charge in [0.25, 0.3) is 5.91 Å². The summed E-state index contributed by atoms with van der Waals surface area (Å²) in [6.45, 7) is 7.19. The van der Waals surface area contributed by atoms with E-state index in [1.165, 1.54) is 6.20 Å². The van der Waals surface area contributed by atoms with E-state index in [2.05, 4.69) is 10.6 Å². The monoisotopic (exact) mass is 195 g/mol. The fourth-order valence-electron chi connectivity index (χ4n) is 0.745. The molecule has 0 aliphatic carbocycles. The minimum absolute atomic E-state index is 0.118. The summed E-state index contributed by atoms with van der Waals surface area (Å²) in [5, 5.41) is 14.2. The molecule has 0 spiro atoms. The first-order valence-corrected chi connectivity index (χ1v) is 4.73. The maximum Gasteiger partial charge on any atom is 0.263 e. The van der Waals surface area contributed by atoms with Crippen LogP contribution in [0.5, 0.6) is 0 Å². The van der Waals surface area contributed by atoms with Crippen molar-refractivity contribution >= 4 is 5.91 Å². The molecule has 0 heterocycles. The summed E-state index contributed by atoms with van der Waals surface area (Å²) in [5.41, 5.74) is 0.118. The van der Waals surface area contributed by atoms with Gasteiger partial charge in [-0.1, -0.05) is 13.8 Å². The molecule has 4 nitrogen and oxygen atoms in total. The molecule has 14 heavy (non-hydrogen) atoms. The molecule has 0 rings (SSSR count). The number of hydrogen-bond donors (Lipinski definition) is 2. The molecule has 0 aliphatic heterocycles. The number of nitrogens with zero attached hydrogens (tertiary/aromatic N) is 1. The predicted octanol–water partition coefficient (Wildman–Crippen LogP) is 0.776. The number of rotatable bonds is 5. The van der Waals surface area contributed by atoms with Crippen LogP contribution in [0.2, 0.25) is 0 Å². The largest absolute Gasteiger partial charge is 0.390 e. The van der Waals surface area contributed by atoms with Crippen LogP contribution < -0.4 is 10.6 Å². The van der Waals surface area contributed by atoms with E-state index in [0.717, 1.165) is 0 Å². The van der Waals surface area contributed by atoms with E-state index in [-0.39, 0.29) is 11.5 Å². The molecule has 0 bridgehead atoms. The lowest BCUT2D eigenvalue weighted by atomic mass is 10.2. The first kappa shape index (κ1) is 12.5. The van der Waals surface area contributed by atoms with Crippen LogP contribution >= 0.6 is 0 Å². The van der Waals surface area contributed by atoms with E-state index in [9.17, 15) is 4.79 Å². The van der Waals surface area contributed by atoms with Crippen molar-refractivity contribution in [3.8, 4) is 6.07 Å². The number of amides is 1. The number of carbonyl (C=O) groups is 1. The zero-order valence-corrected chi connectivity index (χ0v) is 8.92. The summed E-state index contributed by atoms with van der Waals surface area (Å²) in [4.78, 5) is 11.3. The normalized spacial score (nSPS) is 10.9. The van der Waals surface area contributed by atoms with Crippen LogP contribution in [0.3, 0.4) is 0 Å². The van der Waals surface area contributed by atoms with E-state index in [4.69, 9.17) is 5.26 Å². The van der Waals surface area contributed by atoms with Crippen molar-refractivity contribution in [1.29, 1.82) is 5.26 Å². The fourth-order valence-corrected chi connectivity index (χ4v) is 0.745. The molecule has 0 radical (unpaired) electrons. The van der Waals surface area contributed by atoms with Gasteiger partial charge in [0, 0.05) is 19.3 Å². The first-order valence-electron chi connectivity index (χ1n) is 4.73. The Morgan fingerprint density at radius 2 is 2.21 bits per heavy atom. The molecule has 4 heteroatoms. The summed E-state index contributed by atoms with van der Waals surface area (Å²) in [6, 6.07) is 1.85. The second kappa shape index (κ2) is 6.96. The van der Waals surface area contributed by atoms with Crippen LogP contribution in [-0.4, -0.2) is 19.0 Å². The number of carbonyl (C=O) groups excluding carboxylic acids is 1. The van der Waals surface area contributed by atoms with Crippen molar-refractivity contribution in [2.45, 2.75) is 20.8 Å². The van der Waals surface area contributed by atoms with Crippen LogP contribution in [-0.2, 0) is 4.79 Å². The smallest absolute Gasteiger partial charge is 0.263 e. The fraction of sp³-hybridized carbons (Fsp3) is 0.600. The summed E-state index contributed by atoms with van der Waals surface area (Å²) in [6.07, 6.45) is 1.44. The molecular formula is C10H17N3O. The van der Waals surface area contributed by atoms with Gasteiger partial charge in [-0.15, -0.1) is 0 Å². The molecule has 0 aromatic carbocycles. The number of hydrogen-bond acceptors (Lipinski definition) is 3. The lowest BCUT2D eigenvalue weighted by molar-refractivity contribution is -0.117. The van der Waals surface area contributed by atoms with Crippen LogP contribution in [0.1, 0.15) is 20.8 Å². The van der Waals surface area contributed by atoms with Gasteiger partial charge in [-0.25, -0.2) is 0 Å². The van der Waals surface area contributed by atoms with E-state index in [1.807, 2.05) is 26.8 Å². The van der Waals surface area contributed by atoms with Crippen molar-refractivity contribution in [3.63, 3.8) is 0 Å². The van der Waals surface area contributed by atoms with Gasteiger partial charge in [-0.3, -0.25) is 4.79 Å². The van der Waals surface area contributed by atoms with Crippen molar-refractivity contribution in [3.05, 3.63) is 11.8 Å². The molecule has 0 aromatic rings. The van der Waals surface area contributed by atoms with Crippen LogP contribution in [0, 0.1) is 17.2 Å². The van der Waals surface area contributed by atoms with Gasteiger partial charge >= 0.3 is 0 Å². The molecule has 0 saturated heterocycles. The van der Waals surface area contributed by atoms with Gasteiger partial charge in [0.2, 0.25) is 0 Å². The minimum atomic E-state index is -0.317.